The Hall–Kier alpha value is -2.36. The molecule has 2 rings (SSSR count). The van der Waals surface area contributed by atoms with E-state index < -0.39 is 5.97 Å². The molecule has 0 amide bonds. The molecule has 20 heavy (non-hydrogen) atoms. The lowest BCUT2D eigenvalue weighted by molar-refractivity contribution is -0.131. The summed E-state index contributed by atoms with van der Waals surface area (Å²) in [5.74, 6) is 0.246. The smallest absolute Gasteiger partial charge is 0.337 e. The molecule has 0 bridgehead atoms. The summed E-state index contributed by atoms with van der Waals surface area (Å²) in [6, 6.07) is 7.65. The van der Waals surface area contributed by atoms with E-state index in [0.29, 0.717) is 5.92 Å². The Morgan fingerprint density at radius 1 is 1.35 bits per heavy atom. The van der Waals surface area contributed by atoms with E-state index in [4.69, 9.17) is 9.52 Å². The van der Waals surface area contributed by atoms with Crippen molar-refractivity contribution in [2.45, 2.75) is 19.8 Å². The summed E-state index contributed by atoms with van der Waals surface area (Å²) in [5, 5.41) is 10.1. The fourth-order valence-electron chi connectivity index (χ4n) is 1.92. The molecule has 0 saturated heterocycles. The van der Waals surface area contributed by atoms with Crippen LogP contribution in [-0.2, 0) is 4.79 Å². The predicted molar refractivity (Wildman–Crippen MR) is 80.3 cm³/mol. The number of rotatable bonds is 4. The van der Waals surface area contributed by atoms with Crippen LogP contribution in [0.4, 0.5) is 0 Å². The Morgan fingerprint density at radius 2 is 2.10 bits per heavy atom. The number of carbonyl (C=O) groups is 1. The third-order valence-corrected chi connectivity index (χ3v) is 2.97. The van der Waals surface area contributed by atoms with Crippen molar-refractivity contribution in [1.82, 2.24) is 0 Å². The molecule has 0 radical (unpaired) electrons. The first-order chi connectivity index (χ1) is 9.51. The van der Waals surface area contributed by atoms with Gasteiger partial charge in [0.15, 0.2) is 0 Å². The van der Waals surface area contributed by atoms with E-state index in [1.165, 1.54) is 6.21 Å². The highest BCUT2D eigenvalue weighted by atomic mass is 16.4. The number of carboxylic acids is 1. The second-order valence-corrected chi connectivity index (χ2v) is 4.89. The standard InChI is InChI=1S/C16H17NO3/c1-10(2)14-8-12-5-4-11(7-15(12)20-14)6-13(9-17-3)16(18)19/h4-10H,1-3H3,(H,18,19)/b13-6-,17-9?. The Morgan fingerprint density at radius 3 is 2.70 bits per heavy atom. The van der Waals surface area contributed by atoms with Gasteiger partial charge in [-0.1, -0.05) is 26.0 Å². The van der Waals surface area contributed by atoms with Gasteiger partial charge in [0.1, 0.15) is 11.3 Å². The number of aliphatic imine (C=N–C) groups is 1. The summed E-state index contributed by atoms with van der Waals surface area (Å²) < 4.78 is 5.76. The number of fused-ring (bicyclic) bond motifs is 1. The molecule has 4 heteroatoms. The Labute approximate surface area is 117 Å². The van der Waals surface area contributed by atoms with Crippen molar-refractivity contribution >= 4 is 29.2 Å². The number of nitrogens with zero attached hydrogens (tertiary/aromatic N) is 1. The maximum Gasteiger partial charge on any atom is 0.337 e. The Kier molecular flexibility index (Phi) is 4.03. The molecule has 4 nitrogen and oxygen atoms in total. The highest BCUT2D eigenvalue weighted by Gasteiger charge is 2.08. The minimum Gasteiger partial charge on any atom is -0.478 e. The van der Waals surface area contributed by atoms with Crippen molar-refractivity contribution in [3.63, 3.8) is 0 Å². The summed E-state index contributed by atoms with van der Waals surface area (Å²) in [6.45, 7) is 4.14. The number of hydrogen-bond donors (Lipinski definition) is 1. The van der Waals surface area contributed by atoms with E-state index in [1.807, 2.05) is 24.3 Å². The Bertz CT molecular complexity index is 693. The predicted octanol–water partition coefficient (Wildman–Crippen LogP) is 3.72. The highest BCUT2D eigenvalue weighted by molar-refractivity contribution is 6.12. The van der Waals surface area contributed by atoms with Gasteiger partial charge in [0.25, 0.3) is 0 Å². The minimum absolute atomic E-state index is 0.141. The molecule has 0 saturated carbocycles. The first-order valence-electron chi connectivity index (χ1n) is 6.42. The topological polar surface area (TPSA) is 62.8 Å². The molecule has 0 spiro atoms. The summed E-state index contributed by atoms with van der Waals surface area (Å²) in [4.78, 5) is 14.8. The van der Waals surface area contributed by atoms with Crippen molar-refractivity contribution in [1.29, 1.82) is 0 Å². The van der Waals surface area contributed by atoms with Gasteiger partial charge >= 0.3 is 5.97 Å². The zero-order valence-electron chi connectivity index (χ0n) is 11.8. The van der Waals surface area contributed by atoms with Crippen LogP contribution in [0.15, 0.2) is 39.2 Å². The summed E-state index contributed by atoms with van der Waals surface area (Å²) in [5.41, 5.74) is 1.68. The molecule has 2 aromatic rings. The first-order valence-corrected chi connectivity index (χ1v) is 6.42. The van der Waals surface area contributed by atoms with Crippen molar-refractivity contribution in [2.75, 3.05) is 7.05 Å². The van der Waals surface area contributed by atoms with Crippen LogP contribution in [0.25, 0.3) is 17.0 Å². The normalized spacial score (nSPS) is 12.7. The van der Waals surface area contributed by atoms with Gasteiger partial charge in [-0.3, -0.25) is 4.99 Å². The average molecular weight is 271 g/mol. The summed E-state index contributed by atoms with van der Waals surface area (Å²) in [7, 11) is 1.54. The van der Waals surface area contributed by atoms with E-state index in [9.17, 15) is 4.79 Å². The van der Waals surface area contributed by atoms with Gasteiger partial charge in [0.05, 0.1) is 5.57 Å². The van der Waals surface area contributed by atoms with Gasteiger partial charge in [0.2, 0.25) is 0 Å². The van der Waals surface area contributed by atoms with Crippen LogP contribution in [0, 0.1) is 0 Å². The van der Waals surface area contributed by atoms with Crippen LogP contribution in [0.3, 0.4) is 0 Å². The number of carboxylic acid groups (broad SMARTS) is 1. The molecule has 1 aromatic carbocycles. The van der Waals surface area contributed by atoms with Crippen LogP contribution in [0.1, 0.15) is 31.1 Å². The second-order valence-electron chi connectivity index (χ2n) is 4.89. The molecule has 0 aliphatic heterocycles. The third-order valence-electron chi connectivity index (χ3n) is 2.97. The maximum atomic E-state index is 11.1. The minimum atomic E-state index is -1.00. The monoisotopic (exact) mass is 271 g/mol. The molecule has 0 unspecified atom stereocenters. The highest BCUT2D eigenvalue weighted by Crippen LogP contribution is 2.26. The lowest BCUT2D eigenvalue weighted by Crippen LogP contribution is -2.01. The maximum absolute atomic E-state index is 11.1. The molecule has 1 aromatic heterocycles. The van der Waals surface area contributed by atoms with Crippen LogP contribution < -0.4 is 0 Å². The second kappa shape index (κ2) is 5.74. The lowest BCUT2D eigenvalue weighted by atomic mass is 10.1. The molecule has 0 fully saturated rings. The molecular weight excluding hydrogens is 254 g/mol. The van der Waals surface area contributed by atoms with Gasteiger partial charge in [-0.05, 0) is 23.8 Å². The van der Waals surface area contributed by atoms with Crippen LogP contribution in [0.5, 0.6) is 0 Å². The fourth-order valence-corrected chi connectivity index (χ4v) is 1.92. The third kappa shape index (κ3) is 2.96. The van der Waals surface area contributed by atoms with Gasteiger partial charge in [0, 0.05) is 24.6 Å². The summed E-state index contributed by atoms with van der Waals surface area (Å²) in [6.07, 6.45) is 2.90. The van der Waals surface area contributed by atoms with Gasteiger partial charge in [-0.25, -0.2) is 4.79 Å². The van der Waals surface area contributed by atoms with Crippen LogP contribution >= 0.6 is 0 Å². The lowest BCUT2D eigenvalue weighted by Gasteiger charge is -1.97. The van der Waals surface area contributed by atoms with Crippen molar-refractivity contribution in [3.05, 3.63) is 41.2 Å². The number of furan rings is 1. The summed E-state index contributed by atoms with van der Waals surface area (Å²) >= 11 is 0. The average Bonchev–Trinajstić information content (AvgIpc) is 2.81. The van der Waals surface area contributed by atoms with Crippen molar-refractivity contribution in [3.8, 4) is 0 Å². The molecule has 1 heterocycles. The molecule has 0 atom stereocenters. The largest absolute Gasteiger partial charge is 0.478 e. The van der Waals surface area contributed by atoms with E-state index in [-0.39, 0.29) is 5.57 Å². The van der Waals surface area contributed by atoms with E-state index >= 15 is 0 Å². The fraction of sp³-hybridized carbons (Fsp3) is 0.250. The van der Waals surface area contributed by atoms with E-state index in [1.54, 1.807) is 13.1 Å². The Balaban J connectivity index is 2.45. The van der Waals surface area contributed by atoms with E-state index in [0.717, 1.165) is 22.3 Å². The van der Waals surface area contributed by atoms with Gasteiger partial charge in [-0.2, -0.15) is 0 Å². The molecular formula is C16H17NO3. The van der Waals surface area contributed by atoms with Crippen molar-refractivity contribution in [2.24, 2.45) is 4.99 Å². The molecule has 1 N–H and O–H groups in total. The number of aliphatic carboxylic acids is 1. The van der Waals surface area contributed by atoms with E-state index in [2.05, 4.69) is 18.8 Å². The zero-order valence-corrected chi connectivity index (χ0v) is 11.8. The van der Waals surface area contributed by atoms with Gasteiger partial charge in [-0.15, -0.1) is 0 Å². The van der Waals surface area contributed by atoms with Crippen LogP contribution in [0.2, 0.25) is 0 Å². The van der Waals surface area contributed by atoms with Crippen LogP contribution in [-0.4, -0.2) is 24.3 Å². The zero-order chi connectivity index (χ0) is 14.7. The molecule has 0 aliphatic rings. The molecule has 0 aliphatic carbocycles. The number of benzene rings is 1. The number of hydrogen-bond acceptors (Lipinski definition) is 3. The van der Waals surface area contributed by atoms with Crippen molar-refractivity contribution < 1.29 is 14.3 Å². The van der Waals surface area contributed by atoms with Gasteiger partial charge < -0.3 is 9.52 Å². The SMILES string of the molecule is CN=C/C(=C/c1ccc2cc(C(C)C)oc2c1)C(=O)O. The first kappa shape index (κ1) is 14.1. The molecule has 104 valence electrons. The quantitative estimate of drug-likeness (QED) is 0.680.